The number of halogens is 1. The fourth-order valence-electron chi connectivity index (χ4n) is 1.72. The first-order chi connectivity index (χ1) is 8.16. The number of hydrogen-bond acceptors (Lipinski definition) is 1. The van der Waals surface area contributed by atoms with Crippen LogP contribution in [-0.2, 0) is 6.42 Å². The maximum Gasteiger partial charge on any atom is 0.159 e. The highest BCUT2D eigenvalue weighted by Gasteiger charge is 2.02. The highest BCUT2D eigenvalue weighted by Crippen LogP contribution is 2.19. The topological polar surface area (TPSA) is 17.1 Å². The first-order valence-corrected chi connectivity index (χ1v) is 6.29. The van der Waals surface area contributed by atoms with Crippen LogP contribution in [0, 0.1) is 0 Å². The summed E-state index contributed by atoms with van der Waals surface area (Å²) in [6.45, 7) is 1.59. The monoisotopic (exact) mass is 288 g/mol. The zero-order valence-electron chi connectivity index (χ0n) is 9.61. The molecule has 2 rings (SSSR count). The van der Waals surface area contributed by atoms with Crippen molar-refractivity contribution < 1.29 is 4.79 Å². The Labute approximate surface area is 110 Å². The lowest BCUT2D eigenvalue weighted by atomic mass is 10.0. The maximum absolute atomic E-state index is 11.2. The molecule has 0 aliphatic heterocycles. The molecule has 2 heteroatoms. The Kier molecular flexibility index (Phi) is 3.75. The second-order valence-electron chi connectivity index (χ2n) is 4.02. The molecule has 2 aromatic rings. The number of Topliss-reactive ketones (excluding diaryl/α,β-unsaturated/α-hetero) is 1. The summed E-state index contributed by atoms with van der Waals surface area (Å²) >= 11 is 3.54. The van der Waals surface area contributed by atoms with E-state index in [0.29, 0.717) is 0 Å². The van der Waals surface area contributed by atoms with Crippen LogP contribution in [0.3, 0.4) is 0 Å². The number of rotatable bonds is 3. The molecule has 0 aromatic heterocycles. The smallest absolute Gasteiger partial charge is 0.159 e. The van der Waals surface area contributed by atoms with Crippen LogP contribution in [0.2, 0.25) is 0 Å². The van der Waals surface area contributed by atoms with Crippen LogP contribution in [-0.4, -0.2) is 5.78 Å². The van der Waals surface area contributed by atoms with Gasteiger partial charge in [0.1, 0.15) is 0 Å². The first kappa shape index (κ1) is 12.1. The average molecular weight is 289 g/mol. The predicted molar refractivity (Wildman–Crippen MR) is 73.4 cm³/mol. The first-order valence-electron chi connectivity index (χ1n) is 5.50. The highest BCUT2D eigenvalue weighted by atomic mass is 79.9. The summed E-state index contributed by atoms with van der Waals surface area (Å²) < 4.78 is 1.12. The summed E-state index contributed by atoms with van der Waals surface area (Å²) in [7, 11) is 0. The molecule has 0 aliphatic rings. The number of carbonyl (C=O) groups is 1. The molecule has 0 atom stereocenters. The minimum absolute atomic E-state index is 0.109. The Balaban J connectivity index is 2.20. The van der Waals surface area contributed by atoms with Gasteiger partial charge < -0.3 is 0 Å². The molecule has 0 radical (unpaired) electrons. The van der Waals surface area contributed by atoms with E-state index in [1.807, 2.05) is 42.5 Å². The van der Waals surface area contributed by atoms with E-state index in [9.17, 15) is 4.79 Å². The Morgan fingerprint density at radius 3 is 2.29 bits per heavy atom. The minimum Gasteiger partial charge on any atom is -0.295 e. The number of ketones is 1. The van der Waals surface area contributed by atoms with Crippen LogP contribution in [0.15, 0.2) is 53.0 Å². The van der Waals surface area contributed by atoms with Crippen LogP contribution in [0.4, 0.5) is 0 Å². The minimum atomic E-state index is 0.109. The molecule has 17 heavy (non-hydrogen) atoms. The van der Waals surface area contributed by atoms with Crippen molar-refractivity contribution >= 4 is 21.7 Å². The SMILES string of the molecule is CC(=O)c1ccc(Cc2ccccc2Br)cc1. The Morgan fingerprint density at radius 2 is 1.71 bits per heavy atom. The molecular weight excluding hydrogens is 276 g/mol. The van der Waals surface area contributed by atoms with Crippen molar-refractivity contribution in [2.75, 3.05) is 0 Å². The van der Waals surface area contributed by atoms with Crippen molar-refractivity contribution in [1.29, 1.82) is 0 Å². The molecule has 0 aliphatic carbocycles. The quantitative estimate of drug-likeness (QED) is 0.772. The molecule has 0 amide bonds. The molecule has 0 N–H and O–H groups in total. The lowest BCUT2D eigenvalue weighted by Gasteiger charge is -2.05. The highest BCUT2D eigenvalue weighted by molar-refractivity contribution is 9.10. The van der Waals surface area contributed by atoms with Crippen LogP contribution in [0.1, 0.15) is 28.4 Å². The second-order valence-corrected chi connectivity index (χ2v) is 4.88. The third-order valence-electron chi connectivity index (χ3n) is 2.71. The summed E-state index contributed by atoms with van der Waals surface area (Å²) in [6.07, 6.45) is 0.875. The largest absolute Gasteiger partial charge is 0.295 e. The predicted octanol–water partition coefficient (Wildman–Crippen LogP) is 4.24. The molecule has 0 bridgehead atoms. The van der Waals surface area contributed by atoms with E-state index < -0.39 is 0 Å². The van der Waals surface area contributed by atoms with Crippen molar-refractivity contribution in [3.63, 3.8) is 0 Å². The third kappa shape index (κ3) is 3.04. The van der Waals surface area contributed by atoms with Gasteiger partial charge in [0, 0.05) is 10.0 Å². The summed E-state index contributed by atoms with van der Waals surface area (Å²) in [4.78, 5) is 11.2. The van der Waals surface area contributed by atoms with Gasteiger partial charge in [0.15, 0.2) is 5.78 Å². The van der Waals surface area contributed by atoms with Gasteiger partial charge >= 0.3 is 0 Å². The fraction of sp³-hybridized carbons (Fsp3) is 0.133. The van der Waals surface area contributed by atoms with E-state index >= 15 is 0 Å². The van der Waals surface area contributed by atoms with Gasteiger partial charge in [-0.15, -0.1) is 0 Å². The normalized spacial score (nSPS) is 10.2. The molecule has 2 aromatic carbocycles. The molecule has 1 nitrogen and oxygen atoms in total. The van der Waals surface area contributed by atoms with E-state index in [1.165, 1.54) is 11.1 Å². The standard InChI is InChI=1S/C15H13BrO/c1-11(17)13-8-6-12(7-9-13)10-14-4-2-3-5-15(14)16/h2-9H,10H2,1H3. The summed E-state index contributed by atoms with van der Waals surface area (Å²) in [6, 6.07) is 16.0. The van der Waals surface area contributed by atoms with E-state index in [2.05, 4.69) is 22.0 Å². The molecule has 0 saturated carbocycles. The Bertz CT molecular complexity index is 529. The maximum atomic E-state index is 11.2. The molecule has 0 heterocycles. The van der Waals surface area contributed by atoms with Crippen molar-refractivity contribution in [3.8, 4) is 0 Å². The van der Waals surface area contributed by atoms with Gasteiger partial charge in [-0.2, -0.15) is 0 Å². The van der Waals surface area contributed by atoms with Gasteiger partial charge in [-0.3, -0.25) is 4.79 Å². The van der Waals surface area contributed by atoms with Gasteiger partial charge in [0.2, 0.25) is 0 Å². The fourth-order valence-corrected chi connectivity index (χ4v) is 2.14. The van der Waals surface area contributed by atoms with Crippen LogP contribution in [0.5, 0.6) is 0 Å². The molecule has 0 saturated heterocycles. The van der Waals surface area contributed by atoms with E-state index in [-0.39, 0.29) is 5.78 Å². The van der Waals surface area contributed by atoms with Crippen molar-refractivity contribution in [2.24, 2.45) is 0 Å². The van der Waals surface area contributed by atoms with Gasteiger partial charge in [-0.25, -0.2) is 0 Å². The molecule has 86 valence electrons. The van der Waals surface area contributed by atoms with Gasteiger partial charge in [0.05, 0.1) is 0 Å². The third-order valence-corrected chi connectivity index (χ3v) is 3.49. The van der Waals surface area contributed by atoms with Crippen molar-refractivity contribution in [1.82, 2.24) is 0 Å². The zero-order chi connectivity index (χ0) is 12.3. The summed E-state index contributed by atoms with van der Waals surface area (Å²) in [5, 5.41) is 0. The number of hydrogen-bond donors (Lipinski definition) is 0. The average Bonchev–Trinajstić information content (AvgIpc) is 2.33. The molecule has 0 fully saturated rings. The number of benzene rings is 2. The van der Waals surface area contributed by atoms with Gasteiger partial charge in [0.25, 0.3) is 0 Å². The summed E-state index contributed by atoms with van der Waals surface area (Å²) in [5.74, 6) is 0.109. The van der Waals surface area contributed by atoms with Crippen molar-refractivity contribution in [2.45, 2.75) is 13.3 Å². The number of carbonyl (C=O) groups excluding carboxylic acids is 1. The molecular formula is C15H13BrO. The lowest BCUT2D eigenvalue weighted by Crippen LogP contribution is -1.93. The molecule has 0 spiro atoms. The summed E-state index contributed by atoms with van der Waals surface area (Å²) in [5.41, 5.74) is 3.23. The van der Waals surface area contributed by atoms with Crippen LogP contribution >= 0.6 is 15.9 Å². The Morgan fingerprint density at radius 1 is 1.06 bits per heavy atom. The molecule has 0 unspecified atom stereocenters. The van der Waals surface area contributed by atoms with Crippen LogP contribution in [0.25, 0.3) is 0 Å². The lowest BCUT2D eigenvalue weighted by molar-refractivity contribution is 0.101. The Hall–Kier alpha value is -1.41. The van der Waals surface area contributed by atoms with Gasteiger partial charge in [-0.1, -0.05) is 58.4 Å². The van der Waals surface area contributed by atoms with Crippen molar-refractivity contribution in [3.05, 3.63) is 69.7 Å². The van der Waals surface area contributed by atoms with E-state index in [0.717, 1.165) is 16.5 Å². The van der Waals surface area contributed by atoms with E-state index in [4.69, 9.17) is 0 Å². The van der Waals surface area contributed by atoms with Crippen LogP contribution < -0.4 is 0 Å². The second kappa shape index (κ2) is 5.28. The van der Waals surface area contributed by atoms with Gasteiger partial charge in [-0.05, 0) is 30.5 Å². The zero-order valence-corrected chi connectivity index (χ0v) is 11.2. The van der Waals surface area contributed by atoms with E-state index in [1.54, 1.807) is 6.92 Å².